The topological polar surface area (TPSA) is 98.7 Å². The van der Waals surface area contributed by atoms with Crippen molar-refractivity contribution in [2.75, 3.05) is 6.54 Å². The van der Waals surface area contributed by atoms with E-state index in [-0.39, 0.29) is 12.0 Å². The zero-order chi connectivity index (χ0) is 11.7. The summed E-state index contributed by atoms with van der Waals surface area (Å²) in [6, 6.07) is -0.803. The van der Waals surface area contributed by atoms with E-state index in [1.165, 1.54) is 0 Å². The van der Waals surface area contributed by atoms with Gasteiger partial charge in [0.1, 0.15) is 12.1 Å². The first-order chi connectivity index (χ1) is 7.58. The molecule has 2 heterocycles. The summed E-state index contributed by atoms with van der Waals surface area (Å²) in [5.41, 5.74) is 0. The van der Waals surface area contributed by atoms with Gasteiger partial charge in [0.25, 0.3) is 0 Å². The Morgan fingerprint density at radius 1 is 1.06 bits per heavy atom. The van der Waals surface area contributed by atoms with Gasteiger partial charge < -0.3 is 20.8 Å². The molecule has 90 valence electrons. The highest BCUT2D eigenvalue weighted by Gasteiger charge is 2.38. The van der Waals surface area contributed by atoms with E-state index in [0.717, 1.165) is 6.42 Å². The molecule has 0 spiro atoms. The van der Waals surface area contributed by atoms with Crippen LogP contribution >= 0.6 is 0 Å². The second-order valence-electron chi connectivity index (χ2n) is 4.54. The van der Waals surface area contributed by atoms with Gasteiger partial charge in [0.2, 0.25) is 0 Å². The smallest absolute Gasteiger partial charge is 0.320 e. The second-order valence-corrected chi connectivity index (χ2v) is 4.54. The fourth-order valence-electron chi connectivity index (χ4n) is 2.60. The minimum atomic E-state index is -0.824. The third-order valence-corrected chi connectivity index (χ3v) is 3.51. The predicted octanol–water partition coefficient (Wildman–Crippen LogP) is -0.746. The van der Waals surface area contributed by atoms with Gasteiger partial charge in [-0.2, -0.15) is 0 Å². The highest BCUT2D eigenvalue weighted by atomic mass is 16.4. The summed E-state index contributed by atoms with van der Waals surface area (Å²) in [7, 11) is 0. The van der Waals surface area contributed by atoms with Crippen molar-refractivity contribution in [1.29, 1.82) is 0 Å². The number of hydrogen-bond donors (Lipinski definition) is 4. The molecule has 0 saturated carbocycles. The Hall–Kier alpha value is -1.14. The number of carbonyl (C=O) groups is 2. The van der Waals surface area contributed by atoms with E-state index in [0.29, 0.717) is 19.4 Å². The Bertz CT molecular complexity index is 277. The van der Waals surface area contributed by atoms with Gasteiger partial charge in [0.05, 0.1) is 0 Å². The lowest BCUT2D eigenvalue weighted by atomic mass is 9.95. The van der Waals surface area contributed by atoms with E-state index < -0.39 is 24.0 Å². The largest absolute Gasteiger partial charge is 0.480 e. The van der Waals surface area contributed by atoms with Gasteiger partial charge in [0, 0.05) is 12.6 Å². The second kappa shape index (κ2) is 4.39. The molecular formula is C10H16N2O4. The van der Waals surface area contributed by atoms with Crippen LogP contribution in [0.3, 0.4) is 0 Å². The first-order valence-corrected chi connectivity index (χ1v) is 5.53. The quantitative estimate of drug-likeness (QED) is 0.507. The Morgan fingerprint density at radius 3 is 2.25 bits per heavy atom. The van der Waals surface area contributed by atoms with Crippen LogP contribution in [0, 0.1) is 5.92 Å². The molecule has 2 aliphatic heterocycles. The molecule has 0 aromatic rings. The first kappa shape index (κ1) is 11.3. The number of hydrogen-bond acceptors (Lipinski definition) is 4. The summed E-state index contributed by atoms with van der Waals surface area (Å²) < 4.78 is 0. The van der Waals surface area contributed by atoms with Crippen LogP contribution < -0.4 is 10.6 Å². The van der Waals surface area contributed by atoms with E-state index in [4.69, 9.17) is 10.2 Å². The summed E-state index contributed by atoms with van der Waals surface area (Å²) in [5.74, 6) is -1.41. The van der Waals surface area contributed by atoms with Gasteiger partial charge in [-0.25, -0.2) is 0 Å². The van der Waals surface area contributed by atoms with Gasteiger partial charge in [-0.3, -0.25) is 9.59 Å². The van der Waals surface area contributed by atoms with Crippen molar-refractivity contribution < 1.29 is 19.8 Å². The molecule has 16 heavy (non-hydrogen) atoms. The highest BCUT2D eigenvalue weighted by Crippen LogP contribution is 2.25. The van der Waals surface area contributed by atoms with Crippen LogP contribution in [0.4, 0.5) is 0 Å². The monoisotopic (exact) mass is 228 g/mol. The van der Waals surface area contributed by atoms with Gasteiger partial charge in [-0.15, -0.1) is 0 Å². The van der Waals surface area contributed by atoms with E-state index >= 15 is 0 Å². The molecule has 0 aromatic heterocycles. The van der Waals surface area contributed by atoms with Crippen LogP contribution in [0.15, 0.2) is 0 Å². The van der Waals surface area contributed by atoms with Crippen molar-refractivity contribution >= 4 is 11.9 Å². The maximum atomic E-state index is 10.8. The normalized spacial score (nSPS) is 38.8. The number of carboxylic acid groups (broad SMARTS) is 2. The molecule has 4 atom stereocenters. The molecule has 6 nitrogen and oxygen atoms in total. The van der Waals surface area contributed by atoms with Crippen LogP contribution in [-0.2, 0) is 9.59 Å². The van der Waals surface area contributed by atoms with E-state index in [2.05, 4.69) is 10.6 Å². The number of aliphatic carboxylic acids is 2. The summed E-state index contributed by atoms with van der Waals surface area (Å²) in [6.07, 6.45) is 2.03. The molecule has 2 saturated heterocycles. The average Bonchev–Trinajstić information content (AvgIpc) is 2.86. The lowest BCUT2D eigenvalue weighted by molar-refractivity contribution is -0.140. The van der Waals surface area contributed by atoms with Crippen molar-refractivity contribution in [2.45, 2.75) is 37.4 Å². The van der Waals surface area contributed by atoms with Crippen LogP contribution in [0.2, 0.25) is 0 Å². The fraction of sp³-hybridized carbons (Fsp3) is 0.800. The average molecular weight is 228 g/mol. The number of carboxylic acids is 2. The zero-order valence-corrected chi connectivity index (χ0v) is 8.85. The van der Waals surface area contributed by atoms with Crippen molar-refractivity contribution in [2.24, 2.45) is 5.92 Å². The van der Waals surface area contributed by atoms with Crippen molar-refractivity contribution in [3.8, 4) is 0 Å². The van der Waals surface area contributed by atoms with Gasteiger partial charge >= 0.3 is 11.9 Å². The maximum absolute atomic E-state index is 10.8. The number of nitrogens with one attached hydrogen (secondary N) is 2. The molecule has 4 N–H and O–H groups in total. The van der Waals surface area contributed by atoms with Gasteiger partial charge in [-0.05, 0) is 25.2 Å². The lowest BCUT2D eigenvalue weighted by Gasteiger charge is -2.18. The SMILES string of the molecule is O=C(O)[C@@H]1C[C@@H]([C@H]2CC[C@@H](C(=O)O)N2)CN1. The molecule has 2 fully saturated rings. The first-order valence-electron chi connectivity index (χ1n) is 5.53. The van der Waals surface area contributed by atoms with Crippen LogP contribution in [0.25, 0.3) is 0 Å². The molecule has 2 aliphatic rings. The third-order valence-electron chi connectivity index (χ3n) is 3.51. The number of rotatable bonds is 3. The minimum Gasteiger partial charge on any atom is -0.480 e. The Labute approximate surface area is 93.0 Å². The molecule has 0 radical (unpaired) electrons. The third kappa shape index (κ3) is 2.17. The Balaban J connectivity index is 1.87. The van der Waals surface area contributed by atoms with Gasteiger partial charge in [0.15, 0.2) is 0 Å². The summed E-state index contributed by atoms with van der Waals surface area (Å²) in [4.78, 5) is 21.5. The summed E-state index contributed by atoms with van der Waals surface area (Å²) >= 11 is 0. The fourth-order valence-corrected chi connectivity index (χ4v) is 2.60. The standard InChI is InChI=1S/C10H16N2O4/c13-9(14)7-2-1-6(12-7)5-3-8(10(15)16)11-4-5/h5-8,11-12H,1-4H2,(H,13,14)(H,15,16)/t5-,6-,7+,8+/m1/s1. The lowest BCUT2D eigenvalue weighted by Crippen LogP contribution is -2.39. The molecule has 6 heteroatoms. The summed E-state index contributed by atoms with van der Waals surface area (Å²) in [5, 5.41) is 23.7. The van der Waals surface area contributed by atoms with Crippen molar-refractivity contribution in [1.82, 2.24) is 10.6 Å². The highest BCUT2D eigenvalue weighted by molar-refractivity contribution is 5.74. The zero-order valence-electron chi connectivity index (χ0n) is 8.85. The summed E-state index contributed by atoms with van der Waals surface area (Å²) in [6.45, 7) is 0.654. The van der Waals surface area contributed by atoms with Crippen LogP contribution in [0.1, 0.15) is 19.3 Å². The Morgan fingerprint density at radius 2 is 1.75 bits per heavy atom. The van der Waals surface area contributed by atoms with Gasteiger partial charge in [-0.1, -0.05) is 0 Å². The molecule has 0 aromatic carbocycles. The Kier molecular flexibility index (Phi) is 3.11. The maximum Gasteiger partial charge on any atom is 0.320 e. The van der Waals surface area contributed by atoms with Crippen LogP contribution in [0.5, 0.6) is 0 Å². The van der Waals surface area contributed by atoms with Crippen molar-refractivity contribution in [3.63, 3.8) is 0 Å². The molecule has 0 bridgehead atoms. The van der Waals surface area contributed by atoms with E-state index in [9.17, 15) is 9.59 Å². The van der Waals surface area contributed by atoms with Crippen LogP contribution in [-0.4, -0.2) is 46.8 Å². The molecule has 0 aliphatic carbocycles. The minimum absolute atomic E-state index is 0.137. The molecule has 0 amide bonds. The molecular weight excluding hydrogens is 212 g/mol. The van der Waals surface area contributed by atoms with E-state index in [1.807, 2.05) is 0 Å². The predicted molar refractivity (Wildman–Crippen MR) is 55.1 cm³/mol. The van der Waals surface area contributed by atoms with E-state index in [1.54, 1.807) is 0 Å². The van der Waals surface area contributed by atoms with Crippen molar-refractivity contribution in [3.05, 3.63) is 0 Å². The molecule has 0 unspecified atom stereocenters. The molecule has 2 rings (SSSR count).